The number of aromatic nitrogens is 1. The molecule has 0 radical (unpaired) electrons. The smallest absolute Gasteiger partial charge is 0.143 e. The number of fused-ring (bicyclic) bond motifs is 2. The van der Waals surface area contributed by atoms with Gasteiger partial charge in [-0.25, -0.2) is 4.98 Å². The lowest BCUT2D eigenvalue weighted by Gasteiger charge is -2.28. The van der Waals surface area contributed by atoms with E-state index in [1.807, 2.05) is 6.20 Å². The maximum Gasteiger partial charge on any atom is 0.143 e. The van der Waals surface area contributed by atoms with Crippen molar-refractivity contribution in [3.8, 4) is 0 Å². The molecule has 2 bridgehead atoms. The van der Waals surface area contributed by atoms with Crippen molar-refractivity contribution in [1.82, 2.24) is 4.98 Å². The van der Waals surface area contributed by atoms with E-state index in [4.69, 9.17) is 0 Å². The van der Waals surface area contributed by atoms with Gasteiger partial charge in [-0.1, -0.05) is 0 Å². The fraction of sp³-hybridized carbons (Fsp3) is 0.583. The van der Waals surface area contributed by atoms with E-state index < -0.39 is 0 Å². The Hall–Kier alpha value is -0.570. The van der Waals surface area contributed by atoms with Gasteiger partial charge in [-0.15, -0.1) is 0 Å². The van der Waals surface area contributed by atoms with Gasteiger partial charge < -0.3 is 4.90 Å². The van der Waals surface area contributed by atoms with E-state index in [-0.39, 0.29) is 0 Å². The molecule has 15 heavy (non-hydrogen) atoms. The van der Waals surface area contributed by atoms with Crippen molar-refractivity contribution in [2.24, 2.45) is 5.92 Å². The summed E-state index contributed by atoms with van der Waals surface area (Å²) in [5.41, 5.74) is 1.22. The molecule has 2 fully saturated rings. The third-order valence-corrected chi connectivity index (χ3v) is 4.22. The van der Waals surface area contributed by atoms with Crippen LogP contribution in [0, 0.1) is 12.8 Å². The minimum absolute atomic E-state index is 0.751. The Balaban J connectivity index is 1.93. The molecular weight excluding hydrogens is 252 g/mol. The van der Waals surface area contributed by atoms with Gasteiger partial charge in [-0.2, -0.15) is 0 Å². The second-order valence-electron chi connectivity index (χ2n) is 4.80. The van der Waals surface area contributed by atoms with Gasteiger partial charge >= 0.3 is 0 Å². The van der Waals surface area contributed by atoms with Crippen molar-refractivity contribution >= 4 is 21.7 Å². The Labute approximate surface area is 98.8 Å². The van der Waals surface area contributed by atoms with Crippen molar-refractivity contribution in [1.29, 1.82) is 0 Å². The van der Waals surface area contributed by atoms with Gasteiger partial charge in [0.05, 0.1) is 4.47 Å². The Morgan fingerprint density at radius 1 is 1.47 bits per heavy atom. The fourth-order valence-electron chi connectivity index (χ4n) is 2.92. The molecule has 1 saturated heterocycles. The van der Waals surface area contributed by atoms with Gasteiger partial charge in [0.2, 0.25) is 0 Å². The lowest BCUT2D eigenvalue weighted by atomic mass is 10.1. The molecule has 1 aliphatic heterocycles. The van der Waals surface area contributed by atoms with Crippen LogP contribution in [0.2, 0.25) is 0 Å². The van der Waals surface area contributed by atoms with E-state index in [1.165, 1.54) is 31.4 Å². The van der Waals surface area contributed by atoms with E-state index in [0.29, 0.717) is 0 Å². The molecule has 2 aliphatic rings. The first-order valence-corrected chi connectivity index (χ1v) is 6.42. The zero-order valence-electron chi connectivity index (χ0n) is 8.91. The van der Waals surface area contributed by atoms with Crippen molar-refractivity contribution in [3.05, 3.63) is 22.3 Å². The quantitative estimate of drug-likeness (QED) is 0.777. The molecule has 0 aromatic carbocycles. The Bertz CT molecular complexity index is 391. The lowest BCUT2D eigenvalue weighted by Crippen LogP contribution is -2.32. The summed E-state index contributed by atoms with van der Waals surface area (Å²) >= 11 is 3.62. The maximum absolute atomic E-state index is 4.56. The van der Waals surface area contributed by atoms with E-state index in [0.717, 1.165) is 22.3 Å². The molecular formula is C12H15BrN2. The highest BCUT2D eigenvalue weighted by Gasteiger charge is 2.38. The van der Waals surface area contributed by atoms with Gasteiger partial charge in [0.15, 0.2) is 0 Å². The zero-order valence-corrected chi connectivity index (χ0v) is 10.5. The highest BCUT2D eigenvalue weighted by Crippen LogP contribution is 2.41. The van der Waals surface area contributed by atoms with Gasteiger partial charge in [0.1, 0.15) is 5.82 Å². The molecule has 2 unspecified atom stereocenters. The van der Waals surface area contributed by atoms with Crippen LogP contribution in [0.25, 0.3) is 0 Å². The van der Waals surface area contributed by atoms with Crippen LogP contribution in [0.4, 0.5) is 5.82 Å². The van der Waals surface area contributed by atoms with Gasteiger partial charge in [0, 0.05) is 18.8 Å². The largest absolute Gasteiger partial charge is 0.352 e. The van der Waals surface area contributed by atoms with E-state index in [9.17, 15) is 0 Å². The third kappa shape index (κ3) is 1.57. The number of nitrogens with zero attached hydrogens (tertiary/aromatic N) is 2. The van der Waals surface area contributed by atoms with Crippen LogP contribution < -0.4 is 4.90 Å². The topological polar surface area (TPSA) is 16.1 Å². The maximum atomic E-state index is 4.56. The number of aryl methyl sites for hydroxylation is 1. The Morgan fingerprint density at radius 3 is 2.93 bits per heavy atom. The highest BCUT2D eigenvalue weighted by atomic mass is 79.9. The van der Waals surface area contributed by atoms with E-state index >= 15 is 0 Å². The first kappa shape index (κ1) is 9.64. The number of halogens is 1. The standard InChI is InChI=1S/C12H15BrN2/c1-8-4-11(13)12(14-6-8)15-7-9-2-3-10(15)5-9/h4,6,9-10H,2-3,5,7H2,1H3. The molecule has 2 heterocycles. The molecule has 0 spiro atoms. The SMILES string of the molecule is Cc1cnc(N2CC3CCC2C3)c(Br)c1. The molecule has 3 heteroatoms. The fourth-order valence-corrected chi connectivity index (χ4v) is 3.61. The summed E-state index contributed by atoms with van der Waals surface area (Å²) in [5.74, 6) is 2.07. The van der Waals surface area contributed by atoms with Crippen molar-refractivity contribution in [3.63, 3.8) is 0 Å². The third-order valence-electron chi connectivity index (χ3n) is 3.64. The number of rotatable bonds is 1. The molecule has 0 amide bonds. The number of pyridine rings is 1. The number of anilines is 1. The summed E-state index contributed by atoms with van der Waals surface area (Å²) in [6.07, 6.45) is 6.12. The average Bonchev–Trinajstić information content (AvgIpc) is 2.78. The molecule has 1 aliphatic carbocycles. The molecule has 1 aromatic heterocycles. The summed E-state index contributed by atoms with van der Waals surface area (Å²) in [4.78, 5) is 7.04. The Kier molecular flexibility index (Phi) is 2.23. The second kappa shape index (κ2) is 3.48. The highest BCUT2D eigenvalue weighted by molar-refractivity contribution is 9.10. The summed E-state index contributed by atoms with van der Waals surface area (Å²) in [7, 11) is 0. The van der Waals surface area contributed by atoms with E-state index in [2.05, 4.69) is 38.8 Å². The first-order valence-electron chi connectivity index (χ1n) is 5.63. The molecule has 2 atom stereocenters. The van der Waals surface area contributed by atoms with Crippen molar-refractivity contribution < 1.29 is 0 Å². The monoisotopic (exact) mass is 266 g/mol. The van der Waals surface area contributed by atoms with Crippen LogP contribution in [0.3, 0.4) is 0 Å². The van der Waals surface area contributed by atoms with Crippen LogP contribution >= 0.6 is 15.9 Å². The minimum Gasteiger partial charge on any atom is -0.352 e. The molecule has 1 aromatic rings. The van der Waals surface area contributed by atoms with Crippen LogP contribution in [0.5, 0.6) is 0 Å². The lowest BCUT2D eigenvalue weighted by molar-refractivity contribution is 0.550. The summed E-state index contributed by atoms with van der Waals surface area (Å²) in [5, 5.41) is 0. The molecule has 0 N–H and O–H groups in total. The predicted octanol–water partition coefficient (Wildman–Crippen LogP) is 3.14. The number of piperidine rings is 1. The minimum atomic E-state index is 0.751. The van der Waals surface area contributed by atoms with Crippen LogP contribution in [-0.4, -0.2) is 17.6 Å². The summed E-state index contributed by atoms with van der Waals surface area (Å²) < 4.78 is 1.15. The average molecular weight is 267 g/mol. The van der Waals surface area contributed by atoms with Crippen LogP contribution in [-0.2, 0) is 0 Å². The van der Waals surface area contributed by atoms with E-state index in [1.54, 1.807) is 0 Å². The molecule has 1 saturated carbocycles. The predicted molar refractivity (Wildman–Crippen MR) is 65.1 cm³/mol. The summed E-state index contributed by atoms with van der Waals surface area (Å²) in [6.45, 7) is 3.29. The van der Waals surface area contributed by atoms with Crippen molar-refractivity contribution in [2.45, 2.75) is 32.2 Å². The van der Waals surface area contributed by atoms with Crippen molar-refractivity contribution in [2.75, 3.05) is 11.4 Å². The van der Waals surface area contributed by atoms with Gasteiger partial charge in [0.25, 0.3) is 0 Å². The van der Waals surface area contributed by atoms with Gasteiger partial charge in [-0.3, -0.25) is 0 Å². The molecule has 80 valence electrons. The zero-order chi connectivity index (χ0) is 10.4. The summed E-state index contributed by atoms with van der Waals surface area (Å²) in [6, 6.07) is 2.91. The Morgan fingerprint density at radius 2 is 2.33 bits per heavy atom. The molecule has 2 nitrogen and oxygen atoms in total. The first-order chi connectivity index (χ1) is 7.24. The van der Waals surface area contributed by atoms with Crippen LogP contribution in [0.1, 0.15) is 24.8 Å². The van der Waals surface area contributed by atoms with Gasteiger partial charge in [-0.05, 0) is 59.7 Å². The number of hydrogen-bond donors (Lipinski definition) is 0. The van der Waals surface area contributed by atoms with Crippen LogP contribution in [0.15, 0.2) is 16.7 Å². The number of hydrogen-bond acceptors (Lipinski definition) is 2. The molecule has 3 rings (SSSR count). The normalized spacial score (nSPS) is 28.8. The second-order valence-corrected chi connectivity index (χ2v) is 5.66.